The highest BCUT2D eigenvalue weighted by Crippen LogP contribution is 2.51. The van der Waals surface area contributed by atoms with Gasteiger partial charge in [0.05, 0.1) is 29.1 Å². The lowest BCUT2D eigenvalue weighted by Crippen LogP contribution is -2.56. The summed E-state index contributed by atoms with van der Waals surface area (Å²) in [7, 11) is 1.66. The Labute approximate surface area is 216 Å². The predicted molar refractivity (Wildman–Crippen MR) is 144 cm³/mol. The second-order valence-electron chi connectivity index (χ2n) is 9.37. The normalized spacial score (nSPS) is 16.6. The van der Waals surface area contributed by atoms with E-state index in [1.807, 2.05) is 25.1 Å². The summed E-state index contributed by atoms with van der Waals surface area (Å²) in [6.07, 6.45) is 5.06. The maximum absolute atomic E-state index is 12.3. The highest BCUT2D eigenvalue weighted by Gasteiger charge is 2.36. The van der Waals surface area contributed by atoms with E-state index in [1.165, 1.54) is 6.08 Å². The summed E-state index contributed by atoms with van der Waals surface area (Å²) < 4.78 is 12.2. The third-order valence-corrected chi connectivity index (χ3v) is 7.16. The fraction of sp³-hybridized carbons (Fsp3) is 0.321. The number of piperazine rings is 1. The van der Waals surface area contributed by atoms with Gasteiger partial charge >= 0.3 is 0 Å². The number of halogens is 1. The van der Waals surface area contributed by atoms with E-state index in [0.717, 1.165) is 50.3 Å². The van der Waals surface area contributed by atoms with Gasteiger partial charge in [-0.3, -0.25) is 4.79 Å². The largest absolute Gasteiger partial charge is 0.496 e. The molecule has 0 aliphatic carbocycles. The van der Waals surface area contributed by atoms with Gasteiger partial charge < -0.3 is 19.3 Å². The Morgan fingerprint density at radius 3 is 2.78 bits per heavy atom. The van der Waals surface area contributed by atoms with E-state index in [4.69, 9.17) is 31.0 Å². The van der Waals surface area contributed by atoms with Crippen LogP contribution in [-0.2, 0) is 4.79 Å². The zero-order valence-corrected chi connectivity index (χ0v) is 21.7. The summed E-state index contributed by atoms with van der Waals surface area (Å²) in [6, 6.07) is 5.87. The predicted octanol–water partition coefficient (Wildman–Crippen LogP) is 5.29. The number of ether oxygens (including phenoxy) is 2. The van der Waals surface area contributed by atoms with Crippen molar-refractivity contribution in [3.8, 4) is 22.6 Å². The average molecular weight is 505 g/mol. The number of fused-ring (bicyclic) bond motifs is 2. The topological polar surface area (TPSA) is 67.8 Å². The van der Waals surface area contributed by atoms with Crippen molar-refractivity contribution in [1.29, 1.82) is 0 Å². The van der Waals surface area contributed by atoms with Gasteiger partial charge in [-0.15, -0.1) is 0 Å². The second kappa shape index (κ2) is 9.47. The van der Waals surface area contributed by atoms with Crippen LogP contribution >= 0.6 is 11.6 Å². The van der Waals surface area contributed by atoms with E-state index < -0.39 is 0 Å². The monoisotopic (exact) mass is 504 g/mol. The van der Waals surface area contributed by atoms with Crippen molar-refractivity contribution < 1.29 is 14.3 Å². The fourth-order valence-electron chi connectivity index (χ4n) is 5.19. The number of methoxy groups -OCH3 is 1. The molecule has 0 unspecified atom stereocenters. The molecule has 1 atom stereocenters. The first kappa shape index (κ1) is 24.1. The van der Waals surface area contributed by atoms with Crippen molar-refractivity contribution in [3.63, 3.8) is 0 Å². The number of allylic oxidation sites excluding steroid dienone is 1. The Morgan fingerprint density at radius 1 is 1.25 bits per heavy atom. The summed E-state index contributed by atoms with van der Waals surface area (Å²) in [5.74, 6) is 1.98. The average Bonchev–Trinajstić information content (AvgIpc) is 3.04. The minimum atomic E-state index is -0.0814. The van der Waals surface area contributed by atoms with Gasteiger partial charge in [0.25, 0.3) is 0 Å². The number of carbonyl (C=O) groups excluding carboxylic acids is 1. The Morgan fingerprint density at radius 2 is 2.06 bits per heavy atom. The van der Waals surface area contributed by atoms with E-state index in [-0.39, 0.29) is 11.9 Å². The highest BCUT2D eigenvalue weighted by atomic mass is 35.5. The Kier molecular flexibility index (Phi) is 6.35. The minimum Gasteiger partial charge on any atom is -0.496 e. The summed E-state index contributed by atoms with van der Waals surface area (Å²) in [4.78, 5) is 25.8. The van der Waals surface area contributed by atoms with Gasteiger partial charge in [-0.2, -0.15) is 0 Å². The number of anilines is 1. The van der Waals surface area contributed by atoms with Crippen LogP contribution in [-0.4, -0.2) is 60.2 Å². The molecule has 5 rings (SSSR count). The van der Waals surface area contributed by atoms with Crippen LogP contribution in [0.15, 0.2) is 42.8 Å². The molecular weight excluding hydrogens is 476 g/mol. The number of aromatic nitrogens is 2. The SMILES string of the molecule is C=CC(=O)N1CCN2c3ncnc4c(C=C(C)C)c(-c5c(C)cccc5OC)c(Cl)c(c34)OC[C@@H]2C1. The lowest BCUT2D eigenvalue weighted by atomic mass is 9.91. The molecule has 1 fully saturated rings. The van der Waals surface area contributed by atoms with Crippen LogP contribution in [0.5, 0.6) is 11.5 Å². The van der Waals surface area contributed by atoms with Gasteiger partial charge in [0.15, 0.2) is 5.75 Å². The van der Waals surface area contributed by atoms with Crippen LogP contribution in [0, 0.1) is 6.92 Å². The van der Waals surface area contributed by atoms with Crippen LogP contribution in [0.2, 0.25) is 5.02 Å². The molecule has 1 saturated heterocycles. The molecule has 0 spiro atoms. The van der Waals surface area contributed by atoms with Gasteiger partial charge in [0.1, 0.15) is 24.5 Å². The zero-order chi connectivity index (χ0) is 25.6. The molecular formula is C28H29ClN4O3. The highest BCUT2D eigenvalue weighted by molar-refractivity contribution is 6.37. The van der Waals surface area contributed by atoms with Crippen LogP contribution in [0.25, 0.3) is 28.1 Å². The van der Waals surface area contributed by atoms with E-state index >= 15 is 0 Å². The zero-order valence-electron chi connectivity index (χ0n) is 21.0. The smallest absolute Gasteiger partial charge is 0.246 e. The molecule has 1 amide bonds. The van der Waals surface area contributed by atoms with Crippen molar-refractivity contribution in [2.45, 2.75) is 26.8 Å². The molecule has 36 heavy (non-hydrogen) atoms. The van der Waals surface area contributed by atoms with Gasteiger partial charge in [0.2, 0.25) is 5.91 Å². The third-order valence-electron chi connectivity index (χ3n) is 6.80. The van der Waals surface area contributed by atoms with E-state index in [9.17, 15) is 4.79 Å². The van der Waals surface area contributed by atoms with Crippen molar-refractivity contribution >= 4 is 40.3 Å². The van der Waals surface area contributed by atoms with Crippen LogP contribution in [0.1, 0.15) is 25.0 Å². The van der Waals surface area contributed by atoms with Crippen LogP contribution < -0.4 is 14.4 Å². The molecule has 7 nitrogen and oxygen atoms in total. The van der Waals surface area contributed by atoms with Gasteiger partial charge in [0, 0.05) is 36.3 Å². The number of aryl methyl sites for hydroxylation is 1. The fourth-order valence-corrected chi connectivity index (χ4v) is 5.54. The summed E-state index contributed by atoms with van der Waals surface area (Å²) in [5.41, 5.74) is 5.54. The number of amides is 1. The molecule has 2 aromatic carbocycles. The molecule has 0 N–H and O–H groups in total. The van der Waals surface area contributed by atoms with Crippen molar-refractivity contribution in [2.24, 2.45) is 0 Å². The maximum atomic E-state index is 12.3. The quantitative estimate of drug-likeness (QED) is 0.450. The molecule has 0 radical (unpaired) electrons. The van der Waals surface area contributed by atoms with Crippen molar-refractivity contribution in [1.82, 2.24) is 14.9 Å². The molecule has 2 aliphatic heterocycles. The summed E-state index contributed by atoms with van der Waals surface area (Å²) >= 11 is 7.23. The van der Waals surface area contributed by atoms with Crippen LogP contribution in [0.4, 0.5) is 5.82 Å². The molecule has 0 saturated carbocycles. The molecule has 3 heterocycles. The molecule has 8 heteroatoms. The van der Waals surface area contributed by atoms with E-state index in [0.29, 0.717) is 37.0 Å². The number of hydrogen-bond acceptors (Lipinski definition) is 6. The van der Waals surface area contributed by atoms with E-state index in [2.05, 4.69) is 31.4 Å². The first-order valence-corrected chi connectivity index (χ1v) is 12.3. The third kappa shape index (κ3) is 3.88. The lowest BCUT2D eigenvalue weighted by Gasteiger charge is -2.40. The second-order valence-corrected chi connectivity index (χ2v) is 9.75. The Bertz CT molecular complexity index is 1410. The molecule has 2 aliphatic rings. The first-order chi connectivity index (χ1) is 17.3. The van der Waals surface area contributed by atoms with Crippen LogP contribution in [0.3, 0.4) is 0 Å². The van der Waals surface area contributed by atoms with Gasteiger partial charge in [-0.05, 0) is 38.5 Å². The minimum absolute atomic E-state index is 0.0763. The molecule has 1 aromatic heterocycles. The summed E-state index contributed by atoms with van der Waals surface area (Å²) in [6.45, 7) is 11.9. The molecule has 3 aromatic rings. The van der Waals surface area contributed by atoms with Crippen molar-refractivity contribution in [3.05, 3.63) is 58.9 Å². The molecule has 186 valence electrons. The lowest BCUT2D eigenvalue weighted by molar-refractivity contribution is -0.126. The Balaban J connectivity index is 1.80. The number of benzene rings is 2. The number of hydrogen-bond donors (Lipinski definition) is 0. The first-order valence-electron chi connectivity index (χ1n) is 12.0. The van der Waals surface area contributed by atoms with Crippen molar-refractivity contribution in [2.75, 3.05) is 38.3 Å². The molecule has 0 bridgehead atoms. The number of carbonyl (C=O) groups is 1. The van der Waals surface area contributed by atoms with E-state index in [1.54, 1.807) is 18.3 Å². The standard InChI is InChI=1S/C28H29ClN4O3/c1-6-21(34)32-10-11-33-18(13-32)14-36-27-24-26(30-15-31-28(24)33)19(12-16(2)3)23(25(27)29)22-17(4)8-7-9-20(22)35-5/h6-9,12,15,18H,1,10-11,13-14H2,2-5H3/t18-/m0/s1. The Hall–Kier alpha value is -3.58. The number of rotatable bonds is 4. The summed E-state index contributed by atoms with van der Waals surface area (Å²) in [5, 5.41) is 1.29. The van der Waals surface area contributed by atoms with Gasteiger partial charge in [-0.25, -0.2) is 9.97 Å². The maximum Gasteiger partial charge on any atom is 0.246 e. The number of nitrogens with zero attached hydrogens (tertiary/aromatic N) is 4. The van der Waals surface area contributed by atoms with Gasteiger partial charge in [-0.1, -0.05) is 42.0 Å².